The largest absolute Gasteiger partial charge is 0.354 e. The summed E-state index contributed by atoms with van der Waals surface area (Å²) in [6.07, 6.45) is 5.51. The van der Waals surface area contributed by atoms with Crippen LogP contribution in [-0.2, 0) is 0 Å². The molecule has 1 aliphatic rings. The van der Waals surface area contributed by atoms with Crippen molar-refractivity contribution in [1.82, 2.24) is 9.97 Å². The summed E-state index contributed by atoms with van der Waals surface area (Å²) in [4.78, 5) is 10.7. The van der Waals surface area contributed by atoms with E-state index in [2.05, 4.69) is 27.2 Å². The SMILES string of the molecule is CC1CCCCN1c1ccnc(NN)n1. The fourth-order valence-electron chi connectivity index (χ4n) is 2.02. The molecule has 15 heavy (non-hydrogen) atoms. The molecule has 0 radical (unpaired) electrons. The van der Waals surface area contributed by atoms with Gasteiger partial charge in [-0.05, 0) is 32.3 Å². The van der Waals surface area contributed by atoms with Gasteiger partial charge in [0.1, 0.15) is 5.82 Å². The summed E-state index contributed by atoms with van der Waals surface area (Å²) in [7, 11) is 0. The molecule has 1 atom stereocenters. The third-order valence-corrected chi connectivity index (χ3v) is 2.87. The number of rotatable bonds is 2. The van der Waals surface area contributed by atoms with Crippen LogP contribution in [0.5, 0.6) is 0 Å². The number of anilines is 2. The van der Waals surface area contributed by atoms with Gasteiger partial charge in [-0.3, -0.25) is 5.43 Å². The van der Waals surface area contributed by atoms with Crippen LogP contribution >= 0.6 is 0 Å². The highest BCUT2D eigenvalue weighted by atomic mass is 15.3. The molecule has 5 heteroatoms. The summed E-state index contributed by atoms with van der Waals surface area (Å²) < 4.78 is 0. The molecular formula is C10H17N5. The number of hydrogen-bond donors (Lipinski definition) is 2. The Hall–Kier alpha value is -1.36. The van der Waals surface area contributed by atoms with E-state index < -0.39 is 0 Å². The van der Waals surface area contributed by atoms with Gasteiger partial charge in [0.25, 0.3) is 0 Å². The summed E-state index contributed by atoms with van der Waals surface area (Å²) >= 11 is 0. The van der Waals surface area contributed by atoms with E-state index in [1.165, 1.54) is 19.3 Å². The molecule has 1 saturated heterocycles. The molecule has 0 aromatic carbocycles. The topological polar surface area (TPSA) is 67.1 Å². The first-order valence-corrected chi connectivity index (χ1v) is 5.37. The maximum Gasteiger partial charge on any atom is 0.239 e. The molecule has 0 saturated carbocycles. The van der Waals surface area contributed by atoms with Crippen molar-refractivity contribution in [3.05, 3.63) is 12.3 Å². The van der Waals surface area contributed by atoms with Gasteiger partial charge in [0.15, 0.2) is 0 Å². The number of nitrogens with one attached hydrogen (secondary N) is 1. The van der Waals surface area contributed by atoms with Crippen LogP contribution in [0.3, 0.4) is 0 Å². The zero-order chi connectivity index (χ0) is 10.7. The number of aromatic nitrogens is 2. The highest BCUT2D eigenvalue weighted by molar-refractivity contribution is 5.43. The second-order valence-corrected chi connectivity index (χ2v) is 3.92. The number of nitrogens with two attached hydrogens (primary N) is 1. The van der Waals surface area contributed by atoms with Gasteiger partial charge in [0.2, 0.25) is 5.95 Å². The fraction of sp³-hybridized carbons (Fsp3) is 0.600. The van der Waals surface area contributed by atoms with Crippen molar-refractivity contribution >= 4 is 11.8 Å². The Labute approximate surface area is 89.7 Å². The lowest BCUT2D eigenvalue weighted by atomic mass is 10.0. The molecule has 3 N–H and O–H groups in total. The number of nitrogen functional groups attached to an aromatic ring is 1. The van der Waals surface area contributed by atoms with Gasteiger partial charge in [-0.2, -0.15) is 4.98 Å². The van der Waals surface area contributed by atoms with Crippen LogP contribution in [-0.4, -0.2) is 22.6 Å². The van der Waals surface area contributed by atoms with Crippen LogP contribution in [0.15, 0.2) is 12.3 Å². The molecule has 2 heterocycles. The van der Waals surface area contributed by atoms with E-state index in [0.717, 1.165) is 12.4 Å². The highest BCUT2D eigenvalue weighted by Gasteiger charge is 2.19. The molecule has 1 aromatic heterocycles. The molecule has 82 valence electrons. The average molecular weight is 207 g/mol. The van der Waals surface area contributed by atoms with E-state index in [-0.39, 0.29) is 0 Å². The van der Waals surface area contributed by atoms with Crippen molar-refractivity contribution in [3.63, 3.8) is 0 Å². The Morgan fingerprint density at radius 3 is 3.13 bits per heavy atom. The molecule has 1 aromatic rings. The van der Waals surface area contributed by atoms with Gasteiger partial charge in [0.05, 0.1) is 0 Å². The molecule has 0 amide bonds. The second-order valence-electron chi connectivity index (χ2n) is 3.92. The average Bonchev–Trinajstić information content (AvgIpc) is 2.30. The van der Waals surface area contributed by atoms with E-state index >= 15 is 0 Å². The summed E-state index contributed by atoms with van der Waals surface area (Å²) in [6, 6.07) is 2.49. The number of piperidine rings is 1. The molecule has 0 bridgehead atoms. The maximum absolute atomic E-state index is 5.29. The van der Waals surface area contributed by atoms with Gasteiger partial charge in [-0.25, -0.2) is 10.8 Å². The van der Waals surface area contributed by atoms with Crippen LogP contribution in [0.2, 0.25) is 0 Å². The molecule has 1 aliphatic heterocycles. The summed E-state index contributed by atoms with van der Waals surface area (Å²) in [6.45, 7) is 3.30. The summed E-state index contributed by atoms with van der Waals surface area (Å²) in [5.74, 6) is 6.73. The van der Waals surface area contributed by atoms with Crippen LogP contribution in [0.4, 0.5) is 11.8 Å². The normalized spacial score (nSPS) is 21.5. The third kappa shape index (κ3) is 2.18. The van der Waals surface area contributed by atoms with Crippen molar-refractivity contribution in [2.75, 3.05) is 16.9 Å². The highest BCUT2D eigenvalue weighted by Crippen LogP contribution is 2.22. The predicted octanol–water partition coefficient (Wildman–Crippen LogP) is 1.14. The molecule has 1 fully saturated rings. The minimum Gasteiger partial charge on any atom is -0.354 e. The molecular weight excluding hydrogens is 190 g/mol. The zero-order valence-corrected chi connectivity index (χ0v) is 8.98. The van der Waals surface area contributed by atoms with E-state index in [1.807, 2.05) is 6.07 Å². The van der Waals surface area contributed by atoms with E-state index in [9.17, 15) is 0 Å². The minimum absolute atomic E-state index is 0.477. The lowest BCUT2D eigenvalue weighted by Gasteiger charge is -2.34. The first-order chi connectivity index (χ1) is 7.31. The van der Waals surface area contributed by atoms with Crippen LogP contribution < -0.4 is 16.2 Å². The Kier molecular flexibility index (Phi) is 3.01. The second kappa shape index (κ2) is 4.44. The van der Waals surface area contributed by atoms with Crippen molar-refractivity contribution in [3.8, 4) is 0 Å². The van der Waals surface area contributed by atoms with Gasteiger partial charge >= 0.3 is 0 Å². The minimum atomic E-state index is 0.477. The van der Waals surface area contributed by atoms with Crippen molar-refractivity contribution in [2.45, 2.75) is 32.2 Å². The first kappa shape index (κ1) is 10.2. The fourth-order valence-corrected chi connectivity index (χ4v) is 2.02. The monoisotopic (exact) mass is 207 g/mol. The summed E-state index contributed by atoms with van der Waals surface area (Å²) in [5.41, 5.74) is 2.47. The van der Waals surface area contributed by atoms with Crippen molar-refractivity contribution < 1.29 is 0 Å². The van der Waals surface area contributed by atoms with Crippen LogP contribution in [0.1, 0.15) is 26.2 Å². The molecule has 1 unspecified atom stereocenters. The van der Waals surface area contributed by atoms with E-state index in [4.69, 9.17) is 5.84 Å². The molecule has 5 nitrogen and oxygen atoms in total. The smallest absolute Gasteiger partial charge is 0.239 e. The molecule has 0 aliphatic carbocycles. The standard InChI is InChI=1S/C10H17N5/c1-8-4-2-3-7-15(8)9-5-6-12-10(13-9)14-11/h5-6,8H,2-4,7,11H2,1H3,(H,12,13,14). The lowest BCUT2D eigenvalue weighted by Crippen LogP contribution is -2.38. The van der Waals surface area contributed by atoms with Crippen molar-refractivity contribution in [2.24, 2.45) is 5.84 Å². The molecule has 2 rings (SSSR count). The zero-order valence-electron chi connectivity index (χ0n) is 8.98. The van der Waals surface area contributed by atoms with Gasteiger partial charge in [-0.15, -0.1) is 0 Å². The van der Waals surface area contributed by atoms with Crippen molar-refractivity contribution in [1.29, 1.82) is 0 Å². The number of nitrogens with zero attached hydrogens (tertiary/aromatic N) is 3. The number of hydrogen-bond acceptors (Lipinski definition) is 5. The number of hydrazine groups is 1. The first-order valence-electron chi connectivity index (χ1n) is 5.37. The Balaban J connectivity index is 2.19. The Morgan fingerprint density at radius 2 is 2.40 bits per heavy atom. The summed E-state index contributed by atoms with van der Waals surface area (Å²) in [5, 5.41) is 0. The van der Waals surface area contributed by atoms with Gasteiger partial charge < -0.3 is 4.90 Å². The van der Waals surface area contributed by atoms with Crippen LogP contribution in [0.25, 0.3) is 0 Å². The quantitative estimate of drug-likeness (QED) is 0.562. The van der Waals surface area contributed by atoms with Crippen LogP contribution in [0, 0.1) is 0 Å². The lowest BCUT2D eigenvalue weighted by molar-refractivity contribution is 0.481. The Bertz CT molecular complexity index is 327. The third-order valence-electron chi connectivity index (χ3n) is 2.87. The van der Waals surface area contributed by atoms with Gasteiger partial charge in [-0.1, -0.05) is 0 Å². The van der Waals surface area contributed by atoms with E-state index in [0.29, 0.717) is 12.0 Å². The van der Waals surface area contributed by atoms with Gasteiger partial charge in [0, 0.05) is 18.8 Å². The van der Waals surface area contributed by atoms with E-state index in [1.54, 1.807) is 6.20 Å². The Morgan fingerprint density at radius 1 is 1.53 bits per heavy atom. The predicted molar refractivity (Wildman–Crippen MR) is 60.5 cm³/mol. The maximum atomic E-state index is 5.29. The molecule has 0 spiro atoms.